The van der Waals surface area contributed by atoms with Gasteiger partial charge in [0, 0.05) is 18.2 Å². The molecule has 0 unspecified atom stereocenters. The third-order valence-electron chi connectivity index (χ3n) is 7.46. The Kier molecular flexibility index (Phi) is 9.28. The molecule has 0 saturated carbocycles. The van der Waals surface area contributed by atoms with E-state index in [-0.39, 0.29) is 51.0 Å². The summed E-state index contributed by atoms with van der Waals surface area (Å²) in [5, 5.41) is 102. The molecule has 0 aliphatic carbocycles. The smallest absolute Gasteiger partial charge is 0.402 e. The molecule has 5 rings (SSSR count). The van der Waals surface area contributed by atoms with Gasteiger partial charge in [-0.1, -0.05) is 0 Å². The Hall–Kier alpha value is -3.55. The second kappa shape index (κ2) is 12.8. The van der Waals surface area contributed by atoms with Gasteiger partial charge in [-0.3, -0.25) is 0 Å². The number of aliphatic hydroxyl groups is 7. The molecule has 2 fully saturated rings. The largest absolute Gasteiger partial charge is 0.507 e. The van der Waals surface area contributed by atoms with Gasteiger partial charge in [0.1, 0.15) is 65.7 Å². The number of fused-ring (bicyclic) bond motifs is 1. The second-order valence-corrected chi connectivity index (χ2v) is 10.3. The Balaban J connectivity index is 1.46. The summed E-state index contributed by atoms with van der Waals surface area (Å²) in [7, 11) is 1.33. The number of phenolic OH excluding ortho intramolecular Hbond substituents is 3. The van der Waals surface area contributed by atoms with Crippen LogP contribution in [0.25, 0.3) is 22.3 Å². The summed E-state index contributed by atoms with van der Waals surface area (Å²) in [6.45, 7) is -1.53. The highest BCUT2D eigenvalue weighted by molar-refractivity contribution is 5.88. The summed E-state index contributed by atoms with van der Waals surface area (Å²) in [4.78, 5) is 0. The SMILES string of the molecule is COc1cc(-c2[o+]c3cc(O)cc(O)c3cc2O[C@@H]2O[C@H](CO)[C@@H](O[C@@H]3O[C@H](CO)[C@@H](O)[C@H](O)[C@H]3O)[C@H](O)[C@H]2O)ccc1O. The second-order valence-electron chi connectivity index (χ2n) is 10.3. The van der Waals surface area contributed by atoms with Crippen molar-refractivity contribution in [3.63, 3.8) is 0 Å². The maximum atomic E-state index is 11.0. The average Bonchev–Trinajstić information content (AvgIpc) is 3.00. The van der Waals surface area contributed by atoms with Crippen LogP contribution in [0.5, 0.6) is 28.7 Å². The van der Waals surface area contributed by atoms with E-state index in [0.29, 0.717) is 0 Å². The van der Waals surface area contributed by atoms with Crippen molar-refractivity contribution in [3.8, 4) is 40.1 Å². The van der Waals surface area contributed by atoms with Crippen LogP contribution < -0.4 is 9.47 Å². The Morgan fingerprint density at radius 3 is 2.09 bits per heavy atom. The van der Waals surface area contributed by atoms with Crippen LogP contribution in [0.3, 0.4) is 0 Å². The maximum absolute atomic E-state index is 11.0. The third kappa shape index (κ3) is 5.92. The Labute approximate surface area is 248 Å². The number of aliphatic hydroxyl groups excluding tert-OH is 7. The summed E-state index contributed by atoms with van der Waals surface area (Å²) in [6, 6.07) is 7.78. The molecule has 16 nitrogen and oxygen atoms in total. The van der Waals surface area contributed by atoms with Crippen molar-refractivity contribution in [1.29, 1.82) is 0 Å². The van der Waals surface area contributed by atoms with Gasteiger partial charge in [0.05, 0.1) is 32.0 Å². The molecule has 10 N–H and O–H groups in total. The van der Waals surface area contributed by atoms with Crippen LogP contribution in [0.2, 0.25) is 0 Å². The van der Waals surface area contributed by atoms with Gasteiger partial charge in [-0.2, -0.15) is 0 Å². The van der Waals surface area contributed by atoms with Crippen molar-refractivity contribution in [3.05, 3.63) is 36.4 Å². The summed E-state index contributed by atoms with van der Waals surface area (Å²) in [5.41, 5.74) is 0.316. The van der Waals surface area contributed by atoms with Crippen LogP contribution in [0.15, 0.2) is 40.8 Å². The van der Waals surface area contributed by atoms with Gasteiger partial charge in [0.2, 0.25) is 12.0 Å². The van der Waals surface area contributed by atoms with E-state index in [4.69, 9.17) is 28.1 Å². The minimum absolute atomic E-state index is 0.0308. The van der Waals surface area contributed by atoms with Crippen LogP contribution >= 0.6 is 0 Å². The van der Waals surface area contributed by atoms with Gasteiger partial charge in [0.15, 0.2) is 17.8 Å². The van der Waals surface area contributed by atoms with Gasteiger partial charge >= 0.3 is 11.3 Å². The molecule has 10 atom stereocenters. The fourth-order valence-electron chi connectivity index (χ4n) is 5.07. The summed E-state index contributed by atoms with van der Waals surface area (Å²) in [6.07, 6.45) is -16.7. The molecular formula is C28H33O16+. The monoisotopic (exact) mass is 625 g/mol. The first kappa shape index (κ1) is 31.9. The third-order valence-corrected chi connectivity index (χ3v) is 7.46. The van der Waals surface area contributed by atoms with Crippen molar-refractivity contribution >= 4 is 11.0 Å². The van der Waals surface area contributed by atoms with Gasteiger partial charge in [-0.25, -0.2) is 4.42 Å². The van der Waals surface area contributed by atoms with Gasteiger partial charge in [-0.15, -0.1) is 0 Å². The highest BCUT2D eigenvalue weighted by atomic mass is 16.7. The molecule has 44 heavy (non-hydrogen) atoms. The normalized spacial score (nSPS) is 32.5. The fourth-order valence-corrected chi connectivity index (χ4v) is 5.07. The lowest BCUT2D eigenvalue weighted by molar-refractivity contribution is -0.352. The van der Waals surface area contributed by atoms with Crippen LogP contribution in [0.4, 0.5) is 0 Å². The van der Waals surface area contributed by atoms with Crippen LogP contribution in [0, 0.1) is 0 Å². The number of phenols is 3. The molecular weight excluding hydrogens is 592 g/mol. The number of benzene rings is 2. The number of hydrogen-bond acceptors (Lipinski definition) is 15. The molecule has 3 heterocycles. The van der Waals surface area contributed by atoms with Crippen molar-refractivity contribution in [2.45, 2.75) is 61.4 Å². The highest BCUT2D eigenvalue weighted by Crippen LogP contribution is 2.42. The molecule has 2 aromatic carbocycles. The van der Waals surface area contributed by atoms with E-state index in [1.54, 1.807) is 0 Å². The lowest BCUT2D eigenvalue weighted by Gasteiger charge is -2.45. The predicted octanol–water partition coefficient (Wildman–Crippen LogP) is -1.49. The van der Waals surface area contributed by atoms with Gasteiger partial charge < -0.3 is 74.7 Å². The Morgan fingerprint density at radius 1 is 0.727 bits per heavy atom. The standard InChI is InChI=1S/C28H32O16/c1-39-16-4-10(2-3-13(16)32)25-17(7-12-14(33)5-11(31)6-15(12)40-25)41-27-24(38)22(36)26(19(9-30)43-27)44-28-23(37)21(35)20(34)18(8-29)42-28/h2-7,18-24,26-30,34-38H,8-9H2,1H3,(H2-,31,32,33)/p+1/t18-,19-,20-,21+,22-,23-,24-,26-,27-,28+/m1/s1. The lowest BCUT2D eigenvalue weighted by atomic mass is 9.97. The maximum Gasteiger partial charge on any atom is 0.402 e. The average molecular weight is 626 g/mol. The molecule has 1 aromatic heterocycles. The van der Waals surface area contributed by atoms with Crippen molar-refractivity contribution in [2.24, 2.45) is 0 Å². The lowest BCUT2D eigenvalue weighted by Crippen LogP contribution is -2.65. The fraction of sp³-hybridized carbons (Fsp3) is 0.464. The van der Waals surface area contributed by atoms with E-state index in [9.17, 15) is 51.1 Å². The van der Waals surface area contributed by atoms with E-state index < -0.39 is 74.6 Å². The van der Waals surface area contributed by atoms with Crippen molar-refractivity contribution in [2.75, 3.05) is 20.3 Å². The quantitative estimate of drug-likeness (QED) is 0.128. The minimum atomic E-state index is -1.88. The molecule has 0 spiro atoms. The first-order valence-corrected chi connectivity index (χ1v) is 13.4. The molecule has 0 radical (unpaired) electrons. The number of methoxy groups -OCH3 is 1. The predicted molar refractivity (Wildman–Crippen MR) is 145 cm³/mol. The Morgan fingerprint density at radius 2 is 1.41 bits per heavy atom. The van der Waals surface area contributed by atoms with E-state index in [1.165, 1.54) is 37.4 Å². The number of ether oxygens (including phenoxy) is 5. The molecule has 240 valence electrons. The van der Waals surface area contributed by atoms with Crippen LogP contribution in [-0.2, 0) is 14.2 Å². The molecule has 2 aliphatic heterocycles. The molecule has 0 amide bonds. The summed E-state index contributed by atoms with van der Waals surface area (Å²) in [5.74, 6) is -0.971. The van der Waals surface area contributed by atoms with E-state index >= 15 is 0 Å². The van der Waals surface area contributed by atoms with Gasteiger partial charge in [-0.05, 0) is 12.1 Å². The zero-order valence-corrected chi connectivity index (χ0v) is 23.1. The number of hydrogen-bond donors (Lipinski definition) is 10. The molecule has 16 heteroatoms. The first-order chi connectivity index (χ1) is 21.0. The topological polar surface area (TPSA) is 260 Å². The van der Waals surface area contributed by atoms with E-state index in [0.717, 1.165) is 6.07 Å². The Bertz CT molecular complexity index is 1460. The van der Waals surface area contributed by atoms with Crippen LogP contribution in [0.1, 0.15) is 0 Å². The molecule has 2 saturated heterocycles. The van der Waals surface area contributed by atoms with E-state index in [2.05, 4.69) is 0 Å². The summed E-state index contributed by atoms with van der Waals surface area (Å²) >= 11 is 0. The molecule has 3 aromatic rings. The zero-order chi connectivity index (χ0) is 31.9. The summed E-state index contributed by atoms with van der Waals surface area (Å²) < 4.78 is 33.6. The van der Waals surface area contributed by atoms with Crippen molar-refractivity contribution in [1.82, 2.24) is 0 Å². The first-order valence-electron chi connectivity index (χ1n) is 13.4. The molecule has 2 aliphatic rings. The van der Waals surface area contributed by atoms with Crippen LogP contribution in [-0.4, -0.2) is 133 Å². The number of aromatic hydroxyl groups is 3. The number of rotatable bonds is 8. The van der Waals surface area contributed by atoms with E-state index in [1.807, 2.05) is 0 Å². The van der Waals surface area contributed by atoms with Gasteiger partial charge in [0.25, 0.3) is 0 Å². The zero-order valence-electron chi connectivity index (χ0n) is 23.1. The highest BCUT2D eigenvalue weighted by Gasteiger charge is 2.51. The van der Waals surface area contributed by atoms with Crippen molar-refractivity contribution < 1.29 is 79.2 Å². The minimum Gasteiger partial charge on any atom is -0.507 e. The molecule has 0 bridgehead atoms.